The summed E-state index contributed by atoms with van der Waals surface area (Å²) in [5.41, 5.74) is 3.14. The maximum atomic E-state index is 12.5. The third-order valence-corrected chi connectivity index (χ3v) is 5.34. The van der Waals surface area contributed by atoms with Gasteiger partial charge in [0.15, 0.2) is 4.80 Å². The predicted octanol–water partition coefficient (Wildman–Crippen LogP) is 3.89. The minimum atomic E-state index is -0.433. The monoisotopic (exact) mass is 368 g/mol. The molecule has 0 radical (unpaired) electrons. The molecule has 0 unspecified atom stereocenters. The number of benzene rings is 2. The minimum Gasteiger partial charge on any atom is -0.465 e. The van der Waals surface area contributed by atoms with Crippen LogP contribution in [0.25, 0.3) is 10.2 Å². The van der Waals surface area contributed by atoms with Crippen molar-refractivity contribution in [3.8, 4) is 0 Å². The van der Waals surface area contributed by atoms with E-state index >= 15 is 0 Å². The lowest BCUT2D eigenvalue weighted by Crippen LogP contribution is -2.13. The molecule has 1 heterocycles. The number of ether oxygens (including phenoxy) is 1. The highest BCUT2D eigenvalue weighted by molar-refractivity contribution is 7.16. The number of hydrogen-bond donors (Lipinski definition) is 0. The molecule has 0 saturated heterocycles. The molecule has 134 valence electrons. The van der Waals surface area contributed by atoms with E-state index in [-0.39, 0.29) is 5.91 Å². The van der Waals surface area contributed by atoms with Crippen molar-refractivity contribution in [2.75, 3.05) is 7.11 Å². The molecule has 0 aliphatic carbocycles. The third kappa shape index (κ3) is 3.46. The quantitative estimate of drug-likeness (QED) is 0.659. The summed E-state index contributed by atoms with van der Waals surface area (Å²) in [5, 5.41) is 0. The van der Waals surface area contributed by atoms with Crippen LogP contribution in [0, 0.1) is 0 Å². The van der Waals surface area contributed by atoms with Gasteiger partial charge in [-0.3, -0.25) is 4.79 Å². The fourth-order valence-corrected chi connectivity index (χ4v) is 3.70. The molecule has 3 aromatic rings. The lowest BCUT2D eigenvalue weighted by Gasteiger charge is -2.04. The Labute approximate surface area is 155 Å². The first-order valence-corrected chi connectivity index (χ1v) is 9.09. The Morgan fingerprint density at radius 1 is 1.08 bits per heavy atom. The van der Waals surface area contributed by atoms with Crippen LogP contribution in [0.1, 0.15) is 46.0 Å². The number of aromatic nitrogens is 1. The lowest BCUT2D eigenvalue weighted by molar-refractivity contribution is 0.0600. The number of amides is 1. The van der Waals surface area contributed by atoms with E-state index in [1.807, 2.05) is 11.6 Å². The fraction of sp³-hybridized carbons (Fsp3) is 0.250. The van der Waals surface area contributed by atoms with Crippen molar-refractivity contribution in [2.24, 2.45) is 12.0 Å². The molecule has 3 rings (SSSR count). The topological polar surface area (TPSA) is 60.7 Å². The number of hydrogen-bond acceptors (Lipinski definition) is 4. The highest BCUT2D eigenvalue weighted by atomic mass is 32.1. The second-order valence-corrected chi connectivity index (χ2v) is 7.32. The van der Waals surface area contributed by atoms with Crippen LogP contribution in [0.5, 0.6) is 0 Å². The van der Waals surface area contributed by atoms with E-state index in [0.717, 1.165) is 10.2 Å². The standard InChI is InChI=1S/C20H20N2O3S/c1-12(2)15-9-10-16-17(11-15)26-20(22(16)3)21-18(23)13-5-7-14(8-6-13)19(24)25-4/h5-12H,1-4H3. The Morgan fingerprint density at radius 3 is 2.35 bits per heavy atom. The van der Waals surface area contributed by atoms with Crippen LogP contribution >= 0.6 is 11.3 Å². The number of esters is 1. The highest BCUT2D eigenvalue weighted by Gasteiger charge is 2.10. The largest absolute Gasteiger partial charge is 0.465 e. The van der Waals surface area contributed by atoms with E-state index in [1.54, 1.807) is 24.3 Å². The molecule has 0 aliphatic heterocycles. The molecular formula is C20H20N2O3S. The second-order valence-electron chi connectivity index (χ2n) is 6.31. The van der Waals surface area contributed by atoms with Gasteiger partial charge in [-0.1, -0.05) is 31.3 Å². The number of methoxy groups -OCH3 is 1. The Balaban J connectivity index is 1.97. The van der Waals surface area contributed by atoms with Gasteiger partial charge in [0.05, 0.1) is 22.9 Å². The number of carbonyl (C=O) groups excluding carboxylic acids is 2. The Morgan fingerprint density at radius 2 is 1.73 bits per heavy atom. The van der Waals surface area contributed by atoms with Crippen LogP contribution in [0.2, 0.25) is 0 Å². The van der Waals surface area contributed by atoms with E-state index in [2.05, 4.69) is 41.8 Å². The van der Waals surface area contributed by atoms with E-state index in [9.17, 15) is 9.59 Å². The summed E-state index contributed by atoms with van der Waals surface area (Å²) in [6.45, 7) is 4.31. The molecule has 0 saturated carbocycles. The van der Waals surface area contributed by atoms with Gasteiger partial charge in [0.1, 0.15) is 0 Å². The number of fused-ring (bicyclic) bond motifs is 1. The average Bonchev–Trinajstić information content (AvgIpc) is 2.96. The normalized spacial score (nSPS) is 12.0. The molecule has 1 aromatic heterocycles. The zero-order valence-electron chi connectivity index (χ0n) is 15.1. The van der Waals surface area contributed by atoms with Crippen LogP contribution in [-0.4, -0.2) is 23.6 Å². The number of aryl methyl sites for hydroxylation is 1. The maximum Gasteiger partial charge on any atom is 0.337 e. The van der Waals surface area contributed by atoms with Crippen LogP contribution in [0.3, 0.4) is 0 Å². The zero-order valence-corrected chi connectivity index (χ0v) is 16.0. The van der Waals surface area contributed by atoms with Crippen molar-refractivity contribution in [3.63, 3.8) is 0 Å². The molecule has 0 spiro atoms. The Hall–Kier alpha value is -2.73. The summed E-state index contributed by atoms with van der Waals surface area (Å²) >= 11 is 1.49. The second kappa shape index (κ2) is 7.25. The third-order valence-electron chi connectivity index (χ3n) is 4.25. The molecule has 1 amide bonds. The highest BCUT2D eigenvalue weighted by Crippen LogP contribution is 2.23. The van der Waals surface area contributed by atoms with Gasteiger partial charge in [-0.2, -0.15) is 4.99 Å². The van der Waals surface area contributed by atoms with Crippen molar-refractivity contribution in [1.82, 2.24) is 4.57 Å². The molecule has 6 heteroatoms. The van der Waals surface area contributed by atoms with Gasteiger partial charge in [0.2, 0.25) is 0 Å². The zero-order chi connectivity index (χ0) is 18.8. The van der Waals surface area contributed by atoms with Crippen molar-refractivity contribution in [1.29, 1.82) is 0 Å². The lowest BCUT2D eigenvalue weighted by atomic mass is 10.0. The number of carbonyl (C=O) groups is 2. The van der Waals surface area contributed by atoms with Crippen LogP contribution in [0.4, 0.5) is 0 Å². The molecule has 0 aliphatic rings. The molecule has 0 N–H and O–H groups in total. The summed E-state index contributed by atoms with van der Waals surface area (Å²) in [7, 11) is 3.23. The van der Waals surface area contributed by atoms with Crippen LogP contribution < -0.4 is 4.80 Å². The van der Waals surface area contributed by atoms with Gasteiger partial charge in [0, 0.05) is 12.6 Å². The molecule has 2 aromatic carbocycles. The first-order valence-electron chi connectivity index (χ1n) is 8.27. The van der Waals surface area contributed by atoms with Gasteiger partial charge in [-0.25, -0.2) is 4.79 Å². The van der Waals surface area contributed by atoms with Gasteiger partial charge in [0.25, 0.3) is 5.91 Å². The van der Waals surface area contributed by atoms with Crippen molar-refractivity contribution >= 4 is 33.4 Å². The Kier molecular flexibility index (Phi) is 5.04. The molecular weight excluding hydrogens is 348 g/mol. The SMILES string of the molecule is COC(=O)c1ccc(C(=O)N=c2sc3cc(C(C)C)ccc3n2C)cc1. The maximum absolute atomic E-state index is 12.5. The van der Waals surface area contributed by atoms with Crippen molar-refractivity contribution in [3.05, 3.63) is 64.0 Å². The molecule has 0 bridgehead atoms. The number of thiazole rings is 1. The van der Waals surface area contributed by atoms with Crippen molar-refractivity contribution in [2.45, 2.75) is 19.8 Å². The molecule has 26 heavy (non-hydrogen) atoms. The van der Waals surface area contributed by atoms with Gasteiger partial charge < -0.3 is 9.30 Å². The molecule has 5 nitrogen and oxygen atoms in total. The summed E-state index contributed by atoms with van der Waals surface area (Å²) < 4.78 is 7.68. The fourth-order valence-electron chi connectivity index (χ4n) is 2.63. The Bertz CT molecular complexity index is 1040. The smallest absolute Gasteiger partial charge is 0.337 e. The van der Waals surface area contributed by atoms with Gasteiger partial charge >= 0.3 is 5.97 Å². The van der Waals surface area contributed by atoms with Gasteiger partial charge in [-0.05, 0) is 47.9 Å². The summed E-state index contributed by atoms with van der Waals surface area (Å²) in [6.07, 6.45) is 0. The first kappa shape index (κ1) is 18.1. The predicted molar refractivity (Wildman–Crippen MR) is 103 cm³/mol. The van der Waals surface area contributed by atoms with E-state index in [1.165, 1.54) is 24.0 Å². The molecule has 0 fully saturated rings. The number of rotatable bonds is 3. The van der Waals surface area contributed by atoms with Crippen LogP contribution in [-0.2, 0) is 11.8 Å². The van der Waals surface area contributed by atoms with E-state index in [0.29, 0.717) is 21.8 Å². The first-order chi connectivity index (χ1) is 12.4. The van der Waals surface area contributed by atoms with Crippen LogP contribution in [0.15, 0.2) is 47.5 Å². The summed E-state index contributed by atoms with van der Waals surface area (Å²) in [4.78, 5) is 28.9. The van der Waals surface area contributed by atoms with Crippen molar-refractivity contribution < 1.29 is 14.3 Å². The van der Waals surface area contributed by atoms with E-state index < -0.39 is 5.97 Å². The van der Waals surface area contributed by atoms with E-state index in [4.69, 9.17) is 0 Å². The molecule has 0 atom stereocenters. The minimum absolute atomic E-state index is 0.340. The van der Waals surface area contributed by atoms with Gasteiger partial charge in [-0.15, -0.1) is 0 Å². The average molecular weight is 368 g/mol. The summed E-state index contributed by atoms with van der Waals surface area (Å²) in [5.74, 6) is -0.326. The summed E-state index contributed by atoms with van der Waals surface area (Å²) in [6, 6.07) is 12.6. The number of nitrogens with zero attached hydrogens (tertiary/aromatic N) is 2.